The van der Waals surface area contributed by atoms with Gasteiger partial charge < -0.3 is 9.30 Å². The Bertz CT molecular complexity index is 877. The lowest BCUT2D eigenvalue weighted by molar-refractivity contribution is -0.131. The fourth-order valence-electron chi connectivity index (χ4n) is 2.73. The van der Waals surface area contributed by atoms with Gasteiger partial charge >= 0.3 is 5.97 Å². The zero-order chi connectivity index (χ0) is 17.1. The molecule has 0 aliphatic rings. The first-order valence-corrected chi connectivity index (χ1v) is 7.62. The van der Waals surface area contributed by atoms with Gasteiger partial charge in [0.25, 0.3) is 0 Å². The van der Waals surface area contributed by atoms with Gasteiger partial charge in [0.15, 0.2) is 6.29 Å². The highest BCUT2D eigenvalue weighted by Crippen LogP contribution is 2.29. The molecule has 24 heavy (non-hydrogen) atoms. The van der Waals surface area contributed by atoms with Crippen molar-refractivity contribution in [1.82, 2.24) is 4.57 Å². The van der Waals surface area contributed by atoms with E-state index < -0.39 is 0 Å². The quantitative estimate of drug-likeness (QED) is 0.411. The summed E-state index contributed by atoms with van der Waals surface area (Å²) in [5.74, 6) is 0.140. The van der Waals surface area contributed by atoms with Gasteiger partial charge in [-0.05, 0) is 42.8 Å². The minimum atomic E-state index is -0.354. The topological polar surface area (TPSA) is 48.3 Å². The molecule has 1 heterocycles. The Balaban J connectivity index is 2.11. The number of carbonyl (C=O) groups excluding carboxylic acids is 2. The van der Waals surface area contributed by atoms with E-state index in [0.29, 0.717) is 11.3 Å². The summed E-state index contributed by atoms with van der Waals surface area (Å²) in [5.41, 5.74) is 4.38. The number of esters is 1. The van der Waals surface area contributed by atoms with Crippen molar-refractivity contribution < 1.29 is 14.3 Å². The fraction of sp³-hybridized carbons (Fsp3) is 0.100. The molecule has 0 atom stereocenters. The minimum Gasteiger partial charge on any atom is -0.427 e. The molecule has 120 valence electrons. The average molecular weight is 319 g/mol. The van der Waals surface area contributed by atoms with E-state index in [1.807, 2.05) is 60.0 Å². The number of rotatable bonds is 4. The molecular formula is C20H17NO3. The molecule has 0 aliphatic heterocycles. The molecule has 4 heteroatoms. The molecule has 0 radical (unpaired) electrons. The van der Waals surface area contributed by atoms with Crippen LogP contribution in [0.15, 0.2) is 60.7 Å². The summed E-state index contributed by atoms with van der Waals surface area (Å²) in [5, 5.41) is 0. The van der Waals surface area contributed by atoms with Crippen molar-refractivity contribution in [3.8, 4) is 22.7 Å². The zero-order valence-corrected chi connectivity index (χ0v) is 13.5. The van der Waals surface area contributed by atoms with Crippen LogP contribution < -0.4 is 4.74 Å². The van der Waals surface area contributed by atoms with Gasteiger partial charge in [-0.1, -0.05) is 30.3 Å². The third-order valence-electron chi connectivity index (χ3n) is 3.84. The van der Waals surface area contributed by atoms with Gasteiger partial charge in [0.1, 0.15) is 5.75 Å². The van der Waals surface area contributed by atoms with Gasteiger partial charge in [-0.2, -0.15) is 0 Å². The van der Waals surface area contributed by atoms with E-state index in [-0.39, 0.29) is 5.97 Å². The summed E-state index contributed by atoms with van der Waals surface area (Å²) in [4.78, 5) is 22.4. The molecule has 3 aromatic rings. The lowest BCUT2D eigenvalue weighted by Crippen LogP contribution is -2.03. The molecule has 0 N–H and O–H groups in total. The second kappa shape index (κ2) is 6.54. The molecule has 0 spiro atoms. The Morgan fingerprint density at radius 3 is 2.29 bits per heavy atom. The Morgan fingerprint density at radius 1 is 1.04 bits per heavy atom. The van der Waals surface area contributed by atoms with Crippen LogP contribution in [0.1, 0.15) is 23.0 Å². The van der Waals surface area contributed by atoms with Crippen molar-refractivity contribution in [1.29, 1.82) is 0 Å². The van der Waals surface area contributed by atoms with E-state index in [1.54, 1.807) is 12.1 Å². The van der Waals surface area contributed by atoms with Gasteiger partial charge in [0.05, 0.1) is 5.69 Å². The van der Waals surface area contributed by atoms with E-state index in [9.17, 15) is 9.59 Å². The largest absolute Gasteiger partial charge is 0.427 e. The Kier molecular flexibility index (Phi) is 4.29. The molecule has 0 saturated heterocycles. The summed E-state index contributed by atoms with van der Waals surface area (Å²) in [6.45, 7) is 3.28. The molecule has 1 aromatic heterocycles. The molecule has 0 bridgehead atoms. The van der Waals surface area contributed by atoms with Gasteiger partial charge in [-0.3, -0.25) is 9.59 Å². The summed E-state index contributed by atoms with van der Waals surface area (Å²) in [7, 11) is 0. The van der Waals surface area contributed by atoms with E-state index in [4.69, 9.17) is 4.74 Å². The van der Waals surface area contributed by atoms with Crippen LogP contribution in [0.3, 0.4) is 0 Å². The van der Waals surface area contributed by atoms with Gasteiger partial charge in [0, 0.05) is 23.9 Å². The molecule has 0 aliphatic carbocycles. The van der Waals surface area contributed by atoms with E-state index in [0.717, 1.165) is 28.9 Å². The average Bonchev–Trinajstić information content (AvgIpc) is 2.92. The van der Waals surface area contributed by atoms with Crippen LogP contribution in [0.25, 0.3) is 16.9 Å². The number of benzene rings is 2. The summed E-state index contributed by atoms with van der Waals surface area (Å²) in [6, 6.07) is 19.0. The van der Waals surface area contributed by atoms with Crippen molar-refractivity contribution in [3.63, 3.8) is 0 Å². The number of hydrogen-bond donors (Lipinski definition) is 0. The van der Waals surface area contributed by atoms with Crippen LogP contribution in [-0.2, 0) is 4.79 Å². The number of ether oxygens (including phenoxy) is 1. The van der Waals surface area contributed by atoms with Crippen molar-refractivity contribution in [2.24, 2.45) is 0 Å². The number of aromatic nitrogens is 1. The Morgan fingerprint density at radius 2 is 1.71 bits per heavy atom. The molecular weight excluding hydrogens is 302 g/mol. The van der Waals surface area contributed by atoms with Crippen LogP contribution in [0, 0.1) is 6.92 Å². The Labute approximate surface area is 140 Å². The first-order valence-electron chi connectivity index (χ1n) is 7.62. The van der Waals surface area contributed by atoms with E-state index in [1.165, 1.54) is 6.92 Å². The van der Waals surface area contributed by atoms with Crippen molar-refractivity contribution in [2.45, 2.75) is 13.8 Å². The second-order valence-electron chi connectivity index (χ2n) is 5.48. The SMILES string of the molecule is CC(=O)Oc1ccc(-n2c(-c3ccccc3)cc(C=O)c2C)cc1. The van der Waals surface area contributed by atoms with Crippen LogP contribution in [-0.4, -0.2) is 16.8 Å². The predicted molar refractivity (Wildman–Crippen MR) is 92.6 cm³/mol. The van der Waals surface area contributed by atoms with Crippen LogP contribution in [0.2, 0.25) is 0 Å². The summed E-state index contributed by atoms with van der Waals surface area (Å²) in [6.07, 6.45) is 0.867. The highest BCUT2D eigenvalue weighted by molar-refractivity contribution is 5.82. The van der Waals surface area contributed by atoms with Crippen molar-refractivity contribution in [3.05, 3.63) is 71.9 Å². The van der Waals surface area contributed by atoms with Crippen molar-refractivity contribution >= 4 is 12.3 Å². The van der Waals surface area contributed by atoms with Crippen LogP contribution in [0.4, 0.5) is 0 Å². The van der Waals surface area contributed by atoms with Gasteiger partial charge in [-0.25, -0.2) is 0 Å². The van der Waals surface area contributed by atoms with Gasteiger partial charge in [-0.15, -0.1) is 0 Å². The molecule has 2 aromatic carbocycles. The molecule has 3 rings (SSSR count). The number of aldehydes is 1. The maximum absolute atomic E-state index is 11.4. The second-order valence-corrected chi connectivity index (χ2v) is 5.48. The molecule has 0 fully saturated rings. The molecule has 0 saturated carbocycles. The minimum absolute atomic E-state index is 0.354. The zero-order valence-electron chi connectivity index (χ0n) is 13.5. The monoisotopic (exact) mass is 319 g/mol. The fourth-order valence-corrected chi connectivity index (χ4v) is 2.73. The summed E-state index contributed by atoms with van der Waals surface area (Å²) < 4.78 is 7.10. The third kappa shape index (κ3) is 2.99. The van der Waals surface area contributed by atoms with Crippen LogP contribution in [0.5, 0.6) is 5.75 Å². The smallest absolute Gasteiger partial charge is 0.308 e. The number of hydrogen-bond acceptors (Lipinski definition) is 3. The first kappa shape index (κ1) is 15.7. The highest BCUT2D eigenvalue weighted by atomic mass is 16.5. The third-order valence-corrected chi connectivity index (χ3v) is 3.84. The first-order chi connectivity index (χ1) is 11.6. The van der Waals surface area contributed by atoms with E-state index >= 15 is 0 Å². The summed E-state index contributed by atoms with van der Waals surface area (Å²) >= 11 is 0. The standard InChI is InChI=1S/C20H17NO3/c1-14-17(13-22)12-20(16-6-4-3-5-7-16)21(14)18-8-10-19(11-9-18)24-15(2)23/h3-13H,1-2H3. The van der Waals surface area contributed by atoms with E-state index in [2.05, 4.69) is 0 Å². The highest BCUT2D eigenvalue weighted by Gasteiger charge is 2.14. The number of nitrogens with zero attached hydrogens (tertiary/aromatic N) is 1. The Hall–Kier alpha value is -3.14. The lowest BCUT2D eigenvalue weighted by Gasteiger charge is -2.13. The molecule has 0 unspecified atom stereocenters. The maximum Gasteiger partial charge on any atom is 0.308 e. The van der Waals surface area contributed by atoms with Crippen molar-refractivity contribution in [2.75, 3.05) is 0 Å². The lowest BCUT2D eigenvalue weighted by atomic mass is 10.1. The normalized spacial score (nSPS) is 10.4. The predicted octanol–water partition coefficient (Wildman–Crippen LogP) is 4.19. The van der Waals surface area contributed by atoms with Gasteiger partial charge in [0.2, 0.25) is 0 Å². The van der Waals surface area contributed by atoms with Crippen LogP contribution >= 0.6 is 0 Å². The molecule has 4 nitrogen and oxygen atoms in total. The maximum atomic E-state index is 11.4. The number of carbonyl (C=O) groups is 2. The molecule has 0 amide bonds.